The van der Waals surface area contributed by atoms with E-state index >= 15 is 0 Å². The van der Waals surface area contributed by atoms with Gasteiger partial charge in [-0.3, -0.25) is 4.57 Å². The quantitative estimate of drug-likeness (QED) is 0.766. The molecule has 0 atom stereocenters. The lowest BCUT2D eigenvalue weighted by atomic mass is 10.3. The monoisotopic (exact) mass is 304 g/mol. The molecule has 2 aromatic carbocycles. The Bertz CT molecular complexity index is 586. The van der Waals surface area contributed by atoms with Crippen LogP contribution in [0.3, 0.4) is 0 Å². The zero-order valence-electron chi connectivity index (χ0n) is 11.7. The first kappa shape index (κ1) is 15.1. The van der Waals surface area contributed by atoms with E-state index in [0.717, 1.165) is 0 Å². The number of hydrogen-bond acceptors (Lipinski definition) is 3. The molecule has 0 radical (unpaired) electrons. The third-order valence-corrected chi connectivity index (χ3v) is 4.44. The molecule has 0 aliphatic rings. The van der Waals surface area contributed by atoms with Gasteiger partial charge >= 0.3 is 13.2 Å². The predicted molar refractivity (Wildman–Crippen MR) is 84.8 cm³/mol. The molecule has 2 N–H and O–H groups in total. The number of nitrogens with one attached hydrogen (secondary N) is 2. The zero-order chi connectivity index (χ0) is 15.1. The maximum Gasteiger partial charge on any atom is 0.406 e. The first-order chi connectivity index (χ1) is 10.1. The van der Waals surface area contributed by atoms with Crippen LogP contribution < -0.4 is 10.2 Å². The fraction of sp³-hybridized carbons (Fsp3) is 0.133. The Labute approximate surface area is 123 Å². The summed E-state index contributed by atoms with van der Waals surface area (Å²) in [5.41, 5.74) is 0.368. The van der Waals surface area contributed by atoms with Crippen LogP contribution in [0.15, 0.2) is 60.7 Å². The lowest BCUT2D eigenvalue weighted by Gasteiger charge is -2.20. The maximum absolute atomic E-state index is 12.9. The van der Waals surface area contributed by atoms with Gasteiger partial charge in [0.25, 0.3) is 0 Å². The van der Waals surface area contributed by atoms with E-state index in [1.165, 1.54) is 0 Å². The van der Waals surface area contributed by atoms with Crippen molar-refractivity contribution in [2.75, 3.05) is 16.8 Å². The second kappa shape index (κ2) is 6.95. The number of ether oxygens (including phenoxy) is 1. The van der Waals surface area contributed by atoms with Gasteiger partial charge < -0.3 is 14.9 Å². The van der Waals surface area contributed by atoms with Gasteiger partial charge in [0, 0.05) is 11.4 Å². The summed E-state index contributed by atoms with van der Waals surface area (Å²) in [4.78, 5) is 12.1. The molecular weight excluding hydrogens is 287 g/mol. The maximum atomic E-state index is 12.9. The molecule has 0 aliphatic carbocycles. The van der Waals surface area contributed by atoms with E-state index in [1.54, 1.807) is 55.5 Å². The van der Waals surface area contributed by atoms with Crippen molar-refractivity contribution in [2.24, 2.45) is 0 Å². The summed E-state index contributed by atoms with van der Waals surface area (Å²) < 4.78 is 17.9. The van der Waals surface area contributed by atoms with Gasteiger partial charge in [-0.15, -0.1) is 0 Å². The topological polar surface area (TPSA) is 67.4 Å². The number of rotatable bonds is 6. The first-order valence-electron chi connectivity index (χ1n) is 6.58. The number of carbonyl (C=O) groups excluding carboxylic acids is 1. The van der Waals surface area contributed by atoms with Crippen molar-refractivity contribution in [1.29, 1.82) is 0 Å². The molecule has 0 amide bonds. The summed E-state index contributed by atoms with van der Waals surface area (Å²) in [6, 6.07) is 17.8. The highest BCUT2D eigenvalue weighted by molar-refractivity contribution is 7.82. The Hall–Kier alpha value is -2.26. The van der Waals surface area contributed by atoms with E-state index in [9.17, 15) is 9.36 Å². The van der Waals surface area contributed by atoms with Crippen LogP contribution in [0.2, 0.25) is 0 Å². The summed E-state index contributed by atoms with van der Waals surface area (Å²) in [5.74, 6) is 0. The first-order valence-corrected chi connectivity index (χ1v) is 8.29. The van der Waals surface area contributed by atoms with E-state index in [0.29, 0.717) is 11.4 Å². The highest BCUT2D eigenvalue weighted by Crippen LogP contribution is 2.47. The molecule has 0 aromatic heterocycles. The summed E-state index contributed by atoms with van der Waals surface area (Å²) >= 11 is 0. The fourth-order valence-electron chi connectivity index (χ4n) is 1.72. The number of para-hydroxylation sites is 2. The molecule has 110 valence electrons. The third kappa shape index (κ3) is 4.10. The molecule has 0 fully saturated rings. The zero-order valence-corrected chi connectivity index (χ0v) is 12.5. The Morgan fingerprint density at radius 3 is 1.76 bits per heavy atom. The Balaban J connectivity index is 2.26. The average Bonchev–Trinajstić information content (AvgIpc) is 2.49. The molecule has 0 saturated heterocycles. The van der Waals surface area contributed by atoms with Crippen LogP contribution in [0.1, 0.15) is 6.92 Å². The van der Waals surface area contributed by atoms with Crippen molar-refractivity contribution in [3.05, 3.63) is 60.7 Å². The van der Waals surface area contributed by atoms with Crippen LogP contribution in [0.25, 0.3) is 0 Å². The fourth-order valence-corrected chi connectivity index (χ4v) is 3.30. The number of carbonyl (C=O) groups is 1. The van der Waals surface area contributed by atoms with Crippen molar-refractivity contribution in [2.45, 2.75) is 6.92 Å². The predicted octanol–water partition coefficient (Wildman–Crippen LogP) is 4.56. The molecule has 2 aromatic rings. The van der Waals surface area contributed by atoms with Crippen LogP contribution in [-0.4, -0.2) is 12.3 Å². The summed E-state index contributed by atoms with van der Waals surface area (Å²) in [6.45, 7) is 1.84. The number of benzene rings is 2. The standard InChI is InChI=1S/C15H17N2O3P/c1-2-20-15(18)21(19,16-13-9-5-3-6-10-13)17-14-11-7-4-8-12-14/h3-12H,2H2,1H3,(H2,16,17,19). The smallest absolute Gasteiger partial charge is 0.406 e. The Morgan fingerprint density at radius 1 is 0.952 bits per heavy atom. The Morgan fingerprint density at radius 2 is 1.38 bits per heavy atom. The lowest BCUT2D eigenvalue weighted by Crippen LogP contribution is -2.16. The molecule has 0 bridgehead atoms. The molecule has 0 unspecified atom stereocenters. The molecule has 6 heteroatoms. The van der Waals surface area contributed by atoms with Crippen molar-refractivity contribution in [3.63, 3.8) is 0 Å². The normalized spacial score (nSPS) is 10.7. The average molecular weight is 304 g/mol. The largest absolute Gasteiger partial charge is 0.458 e. The minimum Gasteiger partial charge on any atom is -0.458 e. The van der Waals surface area contributed by atoms with Crippen LogP contribution >= 0.6 is 7.44 Å². The van der Waals surface area contributed by atoms with E-state index in [4.69, 9.17) is 4.74 Å². The van der Waals surface area contributed by atoms with E-state index < -0.39 is 13.2 Å². The molecule has 21 heavy (non-hydrogen) atoms. The molecule has 0 aliphatic heterocycles. The number of anilines is 2. The van der Waals surface area contributed by atoms with Crippen molar-refractivity contribution < 1.29 is 14.1 Å². The van der Waals surface area contributed by atoms with Crippen molar-refractivity contribution in [1.82, 2.24) is 0 Å². The van der Waals surface area contributed by atoms with Crippen molar-refractivity contribution in [3.8, 4) is 0 Å². The summed E-state index contributed by atoms with van der Waals surface area (Å²) in [7, 11) is -3.63. The highest BCUT2D eigenvalue weighted by Gasteiger charge is 2.33. The minimum absolute atomic E-state index is 0.162. The molecule has 0 spiro atoms. The highest BCUT2D eigenvalue weighted by atomic mass is 31.2. The lowest BCUT2D eigenvalue weighted by molar-refractivity contribution is 0.178. The second-order valence-electron chi connectivity index (χ2n) is 4.26. The molecule has 0 saturated carbocycles. The van der Waals surface area contributed by atoms with Crippen LogP contribution in [0.4, 0.5) is 16.2 Å². The molecule has 0 heterocycles. The van der Waals surface area contributed by atoms with E-state index in [1.807, 2.05) is 12.1 Å². The van der Waals surface area contributed by atoms with E-state index in [2.05, 4.69) is 10.2 Å². The van der Waals surface area contributed by atoms with Gasteiger partial charge in [0.15, 0.2) is 0 Å². The third-order valence-electron chi connectivity index (χ3n) is 2.65. The van der Waals surface area contributed by atoms with Gasteiger partial charge in [-0.2, -0.15) is 0 Å². The molecule has 5 nitrogen and oxygen atoms in total. The Kier molecular flexibility index (Phi) is 5.01. The van der Waals surface area contributed by atoms with Gasteiger partial charge in [0.2, 0.25) is 0 Å². The number of hydrogen-bond donors (Lipinski definition) is 2. The SMILES string of the molecule is CCOC(=O)P(=O)(Nc1ccccc1)Nc1ccccc1. The molecule has 2 rings (SSSR count). The van der Waals surface area contributed by atoms with Gasteiger partial charge in [-0.1, -0.05) is 36.4 Å². The summed E-state index contributed by atoms with van der Waals surface area (Å²) in [5, 5.41) is 5.52. The van der Waals surface area contributed by atoms with Crippen molar-refractivity contribution >= 4 is 24.5 Å². The van der Waals surface area contributed by atoms with Crippen LogP contribution in [0.5, 0.6) is 0 Å². The van der Waals surface area contributed by atoms with Gasteiger partial charge in [0.05, 0.1) is 6.61 Å². The van der Waals surface area contributed by atoms with Gasteiger partial charge in [-0.05, 0) is 31.2 Å². The minimum atomic E-state index is -3.63. The van der Waals surface area contributed by atoms with Crippen LogP contribution in [0, 0.1) is 0 Å². The second-order valence-corrected chi connectivity index (χ2v) is 6.29. The van der Waals surface area contributed by atoms with E-state index in [-0.39, 0.29) is 6.61 Å². The molecular formula is C15H17N2O3P. The van der Waals surface area contributed by atoms with Gasteiger partial charge in [0.1, 0.15) is 0 Å². The van der Waals surface area contributed by atoms with Gasteiger partial charge in [-0.25, -0.2) is 4.79 Å². The van der Waals surface area contributed by atoms with Crippen LogP contribution in [-0.2, 0) is 9.30 Å². The summed E-state index contributed by atoms with van der Waals surface area (Å²) in [6.07, 6.45) is 0.